The third-order valence-corrected chi connectivity index (χ3v) is 4.56. The molecule has 2 aromatic rings. The normalized spacial score (nSPS) is 14.9. The quantitative estimate of drug-likeness (QED) is 0.895. The van der Waals surface area contributed by atoms with Crippen LogP contribution in [0.2, 0.25) is 0 Å². The van der Waals surface area contributed by atoms with Crippen molar-refractivity contribution in [3.63, 3.8) is 0 Å². The molecule has 0 saturated heterocycles. The van der Waals surface area contributed by atoms with E-state index < -0.39 is 5.97 Å². The van der Waals surface area contributed by atoms with E-state index in [1.165, 1.54) is 19.3 Å². The average Bonchev–Trinajstić information content (AvgIpc) is 2.45. The summed E-state index contributed by atoms with van der Waals surface area (Å²) < 4.78 is 0. The Bertz CT molecular complexity index is 661. The zero-order chi connectivity index (χ0) is 14.8. The first-order valence-corrected chi connectivity index (χ1v) is 7.70. The van der Waals surface area contributed by atoms with Crippen molar-refractivity contribution in [2.75, 3.05) is 18.0 Å². The highest BCUT2D eigenvalue weighted by Crippen LogP contribution is 2.33. The maximum atomic E-state index is 11.4. The van der Waals surface area contributed by atoms with Crippen molar-refractivity contribution >= 4 is 22.4 Å². The van der Waals surface area contributed by atoms with Gasteiger partial charge in [-0.15, -0.1) is 0 Å². The van der Waals surface area contributed by atoms with Crippen molar-refractivity contribution in [3.8, 4) is 0 Å². The third-order valence-electron chi connectivity index (χ3n) is 4.56. The van der Waals surface area contributed by atoms with Gasteiger partial charge in [0.15, 0.2) is 0 Å². The van der Waals surface area contributed by atoms with E-state index in [2.05, 4.69) is 11.8 Å². The van der Waals surface area contributed by atoms with Crippen molar-refractivity contribution in [2.24, 2.45) is 5.92 Å². The Hall–Kier alpha value is -2.03. The lowest BCUT2D eigenvalue weighted by Gasteiger charge is -2.33. The first kappa shape index (κ1) is 13.9. The van der Waals surface area contributed by atoms with Crippen molar-refractivity contribution in [1.82, 2.24) is 0 Å². The minimum atomic E-state index is -0.861. The number of anilines is 1. The molecular formula is C18H21NO2. The van der Waals surface area contributed by atoms with Crippen LogP contribution in [0, 0.1) is 5.92 Å². The van der Waals surface area contributed by atoms with Gasteiger partial charge in [0.25, 0.3) is 0 Å². The molecule has 3 nitrogen and oxygen atoms in total. The fourth-order valence-electron chi connectivity index (χ4n) is 3.13. The molecule has 0 bridgehead atoms. The van der Waals surface area contributed by atoms with Crippen LogP contribution in [0.1, 0.15) is 36.5 Å². The van der Waals surface area contributed by atoms with Gasteiger partial charge in [0.05, 0.1) is 5.56 Å². The van der Waals surface area contributed by atoms with Gasteiger partial charge >= 0.3 is 5.97 Å². The van der Waals surface area contributed by atoms with Crippen molar-refractivity contribution in [2.45, 2.75) is 26.2 Å². The van der Waals surface area contributed by atoms with Gasteiger partial charge in [0.1, 0.15) is 0 Å². The number of aromatic carboxylic acids is 1. The molecule has 0 radical (unpaired) electrons. The molecule has 0 aliphatic heterocycles. The smallest absolute Gasteiger partial charge is 0.336 e. The van der Waals surface area contributed by atoms with Crippen LogP contribution in [-0.4, -0.2) is 24.2 Å². The van der Waals surface area contributed by atoms with Gasteiger partial charge in [-0.25, -0.2) is 4.79 Å². The van der Waals surface area contributed by atoms with E-state index in [1.807, 2.05) is 30.3 Å². The number of hydrogen-bond donors (Lipinski definition) is 1. The van der Waals surface area contributed by atoms with Crippen LogP contribution < -0.4 is 4.90 Å². The molecule has 0 atom stereocenters. The van der Waals surface area contributed by atoms with Gasteiger partial charge in [-0.1, -0.05) is 30.7 Å². The molecule has 110 valence electrons. The summed E-state index contributed by atoms with van der Waals surface area (Å²) in [6, 6.07) is 11.5. The standard InChI is InChI=1S/C18H21NO2/c1-2-19(12-13-6-5-7-13)17-11-10-16(18(20)21)14-8-3-4-9-15(14)17/h3-4,8-11,13H,2,5-7,12H2,1H3,(H,20,21). The van der Waals surface area contributed by atoms with Crippen LogP contribution in [0.5, 0.6) is 0 Å². The van der Waals surface area contributed by atoms with Crippen LogP contribution in [0.4, 0.5) is 5.69 Å². The number of carboxylic acids is 1. The van der Waals surface area contributed by atoms with E-state index in [4.69, 9.17) is 0 Å². The molecular weight excluding hydrogens is 262 g/mol. The number of carboxylic acid groups (broad SMARTS) is 1. The summed E-state index contributed by atoms with van der Waals surface area (Å²) in [7, 11) is 0. The Kier molecular flexibility index (Phi) is 3.82. The number of fused-ring (bicyclic) bond motifs is 1. The Balaban J connectivity index is 2.05. The summed E-state index contributed by atoms with van der Waals surface area (Å²) >= 11 is 0. The molecule has 0 spiro atoms. The van der Waals surface area contributed by atoms with E-state index >= 15 is 0 Å². The largest absolute Gasteiger partial charge is 0.478 e. The Morgan fingerprint density at radius 3 is 2.48 bits per heavy atom. The maximum Gasteiger partial charge on any atom is 0.336 e. The second kappa shape index (κ2) is 5.76. The second-order valence-electron chi connectivity index (χ2n) is 5.82. The topological polar surface area (TPSA) is 40.5 Å². The van der Waals surface area contributed by atoms with Crippen LogP contribution in [0.25, 0.3) is 10.8 Å². The van der Waals surface area contributed by atoms with E-state index in [0.29, 0.717) is 5.56 Å². The highest BCUT2D eigenvalue weighted by molar-refractivity contribution is 6.07. The van der Waals surface area contributed by atoms with E-state index in [9.17, 15) is 9.90 Å². The number of rotatable bonds is 5. The summed E-state index contributed by atoms with van der Waals surface area (Å²) in [4.78, 5) is 13.8. The zero-order valence-corrected chi connectivity index (χ0v) is 12.4. The second-order valence-corrected chi connectivity index (χ2v) is 5.82. The first-order valence-electron chi connectivity index (χ1n) is 7.70. The van der Waals surface area contributed by atoms with Crippen molar-refractivity contribution in [1.29, 1.82) is 0 Å². The van der Waals surface area contributed by atoms with Gasteiger partial charge in [-0.3, -0.25) is 0 Å². The fourth-order valence-corrected chi connectivity index (χ4v) is 3.13. The highest BCUT2D eigenvalue weighted by Gasteiger charge is 2.21. The van der Waals surface area contributed by atoms with Crippen LogP contribution >= 0.6 is 0 Å². The zero-order valence-electron chi connectivity index (χ0n) is 12.4. The predicted octanol–water partition coefficient (Wildman–Crippen LogP) is 4.16. The number of benzene rings is 2. The minimum Gasteiger partial charge on any atom is -0.478 e. The van der Waals surface area contributed by atoms with Crippen LogP contribution in [-0.2, 0) is 0 Å². The monoisotopic (exact) mass is 283 g/mol. The molecule has 0 heterocycles. The highest BCUT2D eigenvalue weighted by atomic mass is 16.4. The van der Waals surface area contributed by atoms with Crippen LogP contribution in [0.15, 0.2) is 36.4 Å². The Labute approximate surface area is 125 Å². The average molecular weight is 283 g/mol. The van der Waals surface area contributed by atoms with Crippen LogP contribution in [0.3, 0.4) is 0 Å². The first-order chi connectivity index (χ1) is 10.2. The molecule has 3 rings (SSSR count). The molecule has 2 aromatic carbocycles. The van der Waals surface area contributed by atoms with Gasteiger partial charge < -0.3 is 10.0 Å². The Morgan fingerprint density at radius 1 is 1.19 bits per heavy atom. The molecule has 1 fully saturated rings. The lowest BCUT2D eigenvalue weighted by atomic mass is 9.85. The van der Waals surface area contributed by atoms with Gasteiger partial charge in [0, 0.05) is 24.2 Å². The molecule has 0 amide bonds. The summed E-state index contributed by atoms with van der Waals surface area (Å²) in [5.41, 5.74) is 1.54. The molecule has 1 aliphatic carbocycles. The van der Waals surface area contributed by atoms with Crippen molar-refractivity contribution < 1.29 is 9.90 Å². The van der Waals surface area contributed by atoms with E-state index in [0.717, 1.165) is 35.5 Å². The number of hydrogen-bond acceptors (Lipinski definition) is 2. The summed E-state index contributed by atoms with van der Waals surface area (Å²) in [6.07, 6.45) is 3.99. The van der Waals surface area contributed by atoms with E-state index in [1.54, 1.807) is 6.07 Å². The van der Waals surface area contributed by atoms with Crippen molar-refractivity contribution in [3.05, 3.63) is 42.0 Å². The number of carbonyl (C=O) groups is 1. The molecule has 1 N–H and O–H groups in total. The SMILES string of the molecule is CCN(CC1CCC1)c1ccc(C(=O)O)c2ccccc12. The minimum absolute atomic E-state index is 0.383. The fraction of sp³-hybridized carbons (Fsp3) is 0.389. The molecule has 1 aliphatic rings. The Morgan fingerprint density at radius 2 is 1.90 bits per heavy atom. The van der Waals surface area contributed by atoms with Gasteiger partial charge in [0.2, 0.25) is 0 Å². The predicted molar refractivity (Wildman–Crippen MR) is 86.1 cm³/mol. The number of nitrogens with zero attached hydrogens (tertiary/aromatic N) is 1. The lowest BCUT2D eigenvalue weighted by Crippen LogP contribution is -2.32. The molecule has 0 unspecified atom stereocenters. The summed E-state index contributed by atoms with van der Waals surface area (Å²) in [5.74, 6) is -0.0670. The molecule has 1 saturated carbocycles. The third kappa shape index (κ3) is 2.60. The van der Waals surface area contributed by atoms with Gasteiger partial charge in [-0.2, -0.15) is 0 Å². The molecule has 3 heteroatoms. The molecule has 21 heavy (non-hydrogen) atoms. The maximum absolute atomic E-state index is 11.4. The van der Waals surface area contributed by atoms with E-state index in [-0.39, 0.29) is 0 Å². The summed E-state index contributed by atoms with van der Waals surface area (Å²) in [6.45, 7) is 4.19. The summed E-state index contributed by atoms with van der Waals surface area (Å²) in [5, 5.41) is 11.2. The molecule has 0 aromatic heterocycles. The van der Waals surface area contributed by atoms with Gasteiger partial charge in [-0.05, 0) is 43.2 Å². The lowest BCUT2D eigenvalue weighted by molar-refractivity contribution is 0.0699.